The van der Waals surface area contributed by atoms with Gasteiger partial charge < -0.3 is 5.32 Å². The molecule has 8 heteroatoms. The third-order valence-corrected chi connectivity index (χ3v) is 2.31. The molecule has 0 saturated carbocycles. The normalized spacial score (nSPS) is 9.61. The molecule has 0 heterocycles. The molecule has 0 aliphatic rings. The Balaban J connectivity index is 2.54. The molecule has 1 rings (SSSR count). The molecule has 0 bridgehead atoms. The number of benzene rings is 1. The van der Waals surface area contributed by atoms with Crippen LogP contribution in [0.5, 0.6) is 0 Å². The van der Waals surface area contributed by atoms with Crippen molar-refractivity contribution in [2.45, 2.75) is 6.42 Å². The predicted molar refractivity (Wildman–Crippen MR) is 68.7 cm³/mol. The maximum absolute atomic E-state index is 11.3. The zero-order valence-electron chi connectivity index (χ0n) is 9.18. The van der Waals surface area contributed by atoms with Gasteiger partial charge in [0.2, 0.25) is 5.91 Å². The molecule has 7 nitrogen and oxygen atoms in total. The highest BCUT2D eigenvalue weighted by molar-refractivity contribution is 9.09. The molecule has 1 aromatic carbocycles. The van der Waals surface area contributed by atoms with E-state index in [1.54, 1.807) is 0 Å². The van der Waals surface area contributed by atoms with Crippen molar-refractivity contribution in [3.63, 3.8) is 0 Å². The van der Waals surface area contributed by atoms with Gasteiger partial charge in [0.1, 0.15) is 0 Å². The van der Waals surface area contributed by atoms with Gasteiger partial charge in [0, 0.05) is 29.6 Å². The SMILES string of the molecule is O=C(CCBr)NC(=O)Nc1ccc([N+](=O)[O-])cc1. The summed E-state index contributed by atoms with van der Waals surface area (Å²) < 4.78 is 0. The summed E-state index contributed by atoms with van der Waals surface area (Å²) in [4.78, 5) is 32.3. The Morgan fingerprint density at radius 1 is 1.28 bits per heavy atom. The van der Waals surface area contributed by atoms with E-state index >= 15 is 0 Å². The number of nitro benzene ring substituents is 1. The molecule has 0 aliphatic carbocycles. The lowest BCUT2D eigenvalue weighted by Crippen LogP contribution is -2.34. The number of carbonyl (C=O) groups is 2. The van der Waals surface area contributed by atoms with E-state index in [0.717, 1.165) is 0 Å². The monoisotopic (exact) mass is 315 g/mol. The van der Waals surface area contributed by atoms with Crippen LogP contribution in [0.3, 0.4) is 0 Å². The standard InChI is InChI=1S/C10H10BrN3O4/c11-6-5-9(15)13-10(16)12-7-1-3-8(4-2-7)14(17)18/h1-4H,5-6H2,(H2,12,13,15,16). The molecule has 18 heavy (non-hydrogen) atoms. The third kappa shape index (κ3) is 4.50. The van der Waals surface area contributed by atoms with E-state index in [9.17, 15) is 19.7 Å². The molecule has 0 aliphatic heterocycles. The second-order valence-electron chi connectivity index (χ2n) is 3.25. The fraction of sp³-hybridized carbons (Fsp3) is 0.200. The van der Waals surface area contributed by atoms with Crippen LogP contribution in [0.15, 0.2) is 24.3 Å². The van der Waals surface area contributed by atoms with Crippen molar-refractivity contribution in [3.05, 3.63) is 34.4 Å². The molecule has 0 fully saturated rings. The topological polar surface area (TPSA) is 101 Å². The Morgan fingerprint density at radius 2 is 1.89 bits per heavy atom. The largest absolute Gasteiger partial charge is 0.325 e. The van der Waals surface area contributed by atoms with Crippen LogP contribution in [-0.4, -0.2) is 22.2 Å². The summed E-state index contributed by atoms with van der Waals surface area (Å²) in [5.74, 6) is -0.411. The van der Waals surface area contributed by atoms with Crippen molar-refractivity contribution < 1.29 is 14.5 Å². The first-order valence-electron chi connectivity index (χ1n) is 4.94. The summed E-state index contributed by atoms with van der Waals surface area (Å²) in [5.41, 5.74) is 0.293. The van der Waals surface area contributed by atoms with Crippen LogP contribution >= 0.6 is 15.9 Å². The molecule has 0 saturated heterocycles. The number of carbonyl (C=O) groups excluding carboxylic acids is 2. The number of nitrogens with one attached hydrogen (secondary N) is 2. The zero-order valence-corrected chi connectivity index (χ0v) is 10.8. The number of imide groups is 1. The molecule has 96 valence electrons. The number of halogens is 1. The second-order valence-corrected chi connectivity index (χ2v) is 4.04. The number of urea groups is 1. The molecule has 1 aromatic rings. The highest BCUT2D eigenvalue weighted by Crippen LogP contribution is 2.15. The molecule has 0 unspecified atom stereocenters. The van der Waals surface area contributed by atoms with Gasteiger partial charge in [-0.2, -0.15) is 0 Å². The lowest BCUT2D eigenvalue weighted by Gasteiger charge is -2.05. The van der Waals surface area contributed by atoms with E-state index in [-0.39, 0.29) is 12.1 Å². The average Bonchev–Trinajstić information content (AvgIpc) is 2.29. The van der Waals surface area contributed by atoms with Crippen molar-refractivity contribution in [3.8, 4) is 0 Å². The Kier molecular flexibility index (Phi) is 5.25. The number of nitrogens with zero attached hydrogens (tertiary/aromatic N) is 1. The van der Waals surface area contributed by atoms with E-state index in [4.69, 9.17) is 0 Å². The average molecular weight is 316 g/mol. The minimum Gasteiger partial charge on any atom is -0.308 e. The predicted octanol–water partition coefficient (Wildman–Crippen LogP) is 2.03. The number of rotatable bonds is 4. The Morgan fingerprint density at radius 3 is 2.39 bits per heavy atom. The van der Waals surface area contributed by atoms with Crippen molar-refractivity contribution in [2.75, 3.05) is 10.6 Å². The van der Waals surface area contributed by atoms with E-state index in [2.05, 4.69) is 26.6 Å². The smallest absolute Gasteiger partial charge is 0.308 e. The highest BCUT2D eigenvalue weighted by Gasteiger charge is 2.08. The summed E-state index contributed by atoms with van der Waals surface area (Å²) in [5, 5.41) is 15.4. The van der Waals surface area contributed by atoms with Crippen LogP contribution in [0, 0.1) is 10.1 Å². The molecule has 0 atom stereocenters. The Labute approximate surface area is 111 Å². The van der Waals surface area contributed by atoms with E-state index in [1.165, 1.54) is 24.3 Å². The number of hydrogen-bond donors (Lipinski definition) is 2. The van der Waals surface area contributed by atoms with Crippen molar-refractivity contribution in [1.82, 2.24) is 5.32 Å². The maximum atomic E-state index is 11.3. The van der Waals surface area contributed by atoms with E-state index < -0.39 is 16.9 Å². The van der Waals surface area contributed by atoms with E-state index in [1.807, 2.05) is 0 Å². The van der Waals surface area contributed by atoms with Crippen LogP contribution in [0.4, 0.5) is 16.2 Å². The summed E-state index contributed by atoms with van der Waals surface area (Å²) in [6.07, 6.45) is 0.188. The van der Waals surface area contributed by atoms with Gasteiger partial charge >= 0.3 is 6.03 Å². The minimum absolute atomic E-state index is 0.0728. The number of non-ortho nitro benzene ring substituents is 1. The Hall–Kier alpha value is -1.96. The molecule has 0 aromatic heterocycles. The Bertz CT molecular complexity index is 461. The molecule has 3 amide bonds. The number of hydrogen-bond acceptors (Lipinski definition) is 4. The zero-order chi connectivity index (χ0) is 13.5. The van der Waals surface area contributed by atoms with E-state index in [0.29, 0.717) is 11.0 Å². The van der Waals surface area contributed by atoms with Gasteiger partial charge in [0.05, 0.1) is 4.92 Å². The molecular formula is C10H10BrN3O4. The van der Waals surface area contributed by atoms with Gasteiger partial charge in [-0.05, 0) is 12.1 Å². The second kappa shape index (κ2) is 6.70. The summed E-state index contributed by atoms with van der Waals surface area (Å²) in [6, 6.07) is 4.61. The summed E-state index contributed by atoms with van der Waals surface area (Å²) in [6.45, 7) is 0. The van der Waals surface area contributed by atoms with Crippen LogP contribution in [0.2, 0.25) is 0 Å². The number of anilines is 1. The number of alkyl halides is 1. The fourth-order valence-electron chi connectivity index (χ4n) is 1.10. The molecular weight excluding hydrogens is 306 g/mol. The van der Waals surface area contributed by atoms with Gasteiger partial charge in [0.25, 0.3) is 5.69 Å². The summed E-state index contributed by atoms with van der Waals surface area (Å²) in [7, 11) is 0. The van der Waals surface area contributed by atoms with Crippen LogP contribution in [-0.2, 0) is 4.79 Å². The fourth-order valence-corrected chi connectivity index (χ4v) is 1.46. The first kappa shape index (κ1) is 14.1. The maximum Gasteiger partial charge on any atom is 0.325 e. The van der Waals surface area contributed by atoms with Crippen molar-refractivity contribution >= 4 is 39.2 Å². The van der Waals surface area contributed by atoms with Gasteiger partial charge in [-0.1, -0.05) is 15.9 Å². The third-order valence-electron chi connectivity index (χ3n) is 1.91. The van der Waals surface area contributed by atoms with Crippen molar-refractivity contribution in [1.29, 1.82) is 0 Å². The van der Waals surface area contributed by atoms with Crippen LogP contribution in [0.1, 0.15) is 6.42 Å². The van der Waals surface area contributed by atoms with Gasteiger partial charge in [-0.3, -0.25) is 20.2 Å². The number of amides is 3. The summed E-state index contributed by atoms with van der Waals surface area (Å²) >= 11 is 3.07. The molecule has 0 radical (unpaired) electrons. The molecule has 2 N–H and O–H groups in total. The lowest BCUT2D eigenvalue weighted by molar-refractivity contribution is -0.384. The highest BCUT2D eigenvalue weighted by atomic mass is 79.9. The minimum atomic E-state index is -0.671. The number of nitro groups is 1. The van der Waals surface area contributed by atoms with Crippen LogP contribution in [0.25, 0.3) is 0 Å². The van der Waals surface area contributed by atoms with Gasteiger partial charge in [-0.25, -0.2) is 4.79 Å². The van der Waals surface area contributed by atoms with Gasteiger partial charge in [-0.15, -0.1) is 0 Å². The quantitative estimate of drug-likeness (QED) is 0.504. The van der Waals surface area contributed by atoms with Crippen LogP contribution < -0.4 is 10.6 Å². The van der Waals surface area contributed by atoms with Crippen molar-refractivity contribution in [2.24, 2.45) is 0 Å². The van der Waals surface area contributed by atoms with Gasteiger partial charge in [0.15, 0.2) is 0 Å². The first-order valence-corrected chi connectivity index (χ1v) is 6.06. The first-order chi connectivity index (χ1) is 8.52. The lowest BCUT2D eigenvalue weighted by atomic mass is 10.3. The molecule has 0 spiro atoms.